The highest BCUT2D eigenvalue weighted by Gasteiger charge is 2.29. The van der Waals surface area contributed by atoms with Gasteiger partial charge in [0.1, 0.15) is 4.88 Å². The van der Waals surface area contributed by atoms with E-state index in [1.807, 2.05) is 20.0 Å². The summed E-state index contributed by atoms with van der Waals surface area (Å²) in [5.41, 5.74) is 2.18. The number of thiazole rings is 1. The summed E-state index contributed by atoms with van der Waals surface area (Å²) >= 11 is 1.46. The van der Waals surface area contributed by atoms with Crippen LogP contribution in [0.2, 0.25) is 0 Å². The van der Waals surface area contributed by atoms with Crippen LogP contribution in [0.15, 0.2) is 30.3 Å². The molecular formula is C19H25N3OS. The highest BCUT2D eigenvalue weighted by atomic mass is 32.1. The van der Waals surface area contributed by atoms with Gasteiger partial charge in [0, 0.05) is 19.6 Å². The van der Waals surface area contributed by atoms with Crippen molar-refractivity contribution in [1.29, 1.82) is 0 Å². The summed E-state index contributed by atoms with van der Waals surface area (Å²) in [6.45, 7) is 2.79. The molecule has 0 saturated carbocycles. The molecule has 0 radical (unpaired) electrons. The first kappa shape index (κ1) is 17.0. The summed E-state index contributed by atoms with van der Waals surface area (Å²) in [6.07, 6.45) is 5.48. The van der Waals surface area contributed by atoms with E-state index in [-0.39, 0.29) is 5.91 Å². The van der Waals surface area contributed by atoms with E-state index in [4.69, 9.17) is 0 Å². The van der Waals surface area contributed by atoms with E-state index in [0.29, 0.717) is 6.04 Å². The van der Waals surface area contributed by atoms with Crippen LogP contribution in [0.4, 0.5) is 5.13 Å². The third kappa shape index (κ3) is 3.78. The van der Waals surface area contributed by atoms with Gasteiger partial charge in [-0.15, -0.1) is 0 Å². The molecule has 1 fully saturated rings. The van der Waals surface area contributed by atoms with Gasteiger partial charge in [0.15, 0.2) is 5.13 Å². The number of rotatable bonds is 5. The molecule has 1 atom stereocenters. The molecular weight excluding hydrogens is 318 g/mol. The number of nitrogens with one attached hydrogen (secondary N) is 1. The third-order valence-corrected chi connectivity index (χ3v) is 5.86. The van der Waals surface area contributed by atoms with Crippen molar-refractivity contribution in [2.75, 3.05) is 18.9 Å². The zero-order valence-electron chi connectivity index (χ0n) is 14.4. The molecule has 5 heteroatoms. The second kappa shape index (κ2) is 7.79. The van der Waals surface area contributed by atoms with Crippen LogP contribution in [-0.2, 0) is 6.42 Å². The summed E-state index contributed by atoms with van der Waals surface area (Å²) in [4.78, 5) is 20.3. The number of anilines is 1. The molecule has 4 nitrogen and oxygen atoms in total. The van der Waals surface area contributed by atoms with Gasteiger partial charge in [-0.1, -0.05) is 41.7 Å². The van der Waals surface area contributed by atoms with Gasteiger partial charge in [0.25, 0.3) is 5.91 Å². The van der Waals surface area contributed by atoms with Crippen molar-refractivity contribution >= 4 is 22.4 Å². The Balaban J connectivity index is 1.71. The van der Waals surface area contributed by atoms with E-state index in [1.54, 1.807) is 0 Å². The number of carbonyl (C=O) groups is 1. The lowest BCUT2D eigenvalue weighted by Gasteiger charge is -2.35. The lowest BCUT2D eigenvalue weighted by atomic mass is 9.95. The lowest BCUT2D eigenvalue weighted by Crippen LogP contribution is -2.43. The molecule has 24 heavy (non-hydrogen) atoms. The third-order valence-electron chi connectivity index (χ3n) is 4.70. The van der Waals surface area contributed by atoms with Gasteiger partial charge >= 0.3 is 0 Å². The summed E-state index contributed by atoms with van der Waals surface area (Å²) in [7, 11) is 1.84. The molecule has 1 aromatic heterocycles. The van der Waals surface area contributed by atoms with Crippen molar-refractivity contribution in [2.45, 2.75) is 45.1 Å². The van der Waals surface area contributed by atoms with Gasteiger partial charge in [-0.3, -0.25) is 4.79 Å². The Bertz CT molecular complexity index is 683. The number of hydrogen-bond acceptors (Lipinski definition) is 4. The molecule has 1 amide bonds. The quantitative estimate of drug-likeness (QED) is 0.888. The first-order valence-electron chi connectivity index (χ1n) is 8.69. The number of aromatic nitrogens is 1. The van der Waals surface area contributed by atoms with Crippen molar-refractivity contribution in [3.63, 3.8) is 0 Å². The highest BCUT2D eigenvalue weighted by Crippen LogP contribution is 2.28. The highest BCUT2D eigenvalue weighted by molar-refractivity contribution is 7.17. The number of hydrogen-bond donors (Lipinski definition) is 1. The largest absolute Gasteiger partial charge is 0.365 e. The Morgan fingerprint density at radius 3 is 2.83 bits per heavy atom. The van der Waals surface area contributed by atoms with Gasteiger partial charge in [0.2, 0.25) is 0 Å². The van der Waals surface area contributed by atoms with Gasteiger partial charge < -0.3 is 10.2 Å². The molecule has 1 N–H and O–H groups in total. The first-order valence-corrected chi connectivity index (χ1v) is 9.50. The number of carbonyl (C=O) groups excluding carboxylic acids is 1. The fraction of sp³-hybridized carbons (Fsp3) is 0.474. The Labute approximate surface area is 147 Å². The maximum atomic E-state index is 13.0. The topological polar surface area (TPSA) is 45.2 Å². The summed E-state index contributed by atoms with van der Waals surface area (Å²) in [6, 6.07) is 10.9. The van der Waals surface area contributed by atoms with Crippen LogP contribution in [0, 0.1) is 6.92 Å². The molecule has 2 aromatic rings. The second-order valence-corrected chi connectivity index (χ2v) is 7.36. The summed E-state index contributed by atoms with van der Waals surface area (Å²) < 4.78 is 0. The van der Waals surface area contributed by atoms with E-state index >= 15 is 0 Å². The van der Waals surface area contributed by atoms with E-state index in [1.165, 1.54) is 23.3 Å². The molecule has 1 aromatic carbocycles. The predicted octanol–water partition coefficient (Wildman–Crippen LogP) is 4.12. The Morgan fingerprint density at radius 2 is 2.12 bits per heavy atom. The minimum Gasteiger partial charge on any atom is -0.365 e. The summed E-state index contributed by atoms with van der Waals surface area (Å²) in [5, 5.41) is 3.85. The number of nitrogens with zero attached hydrogens (tertiary/aromatic N) is 2. The normalized spacial score (nSPS) is 17.8. The Morgan fingerprint density at radius 1 is 1.33 bits per heavy atom. The average Bonchev–Trinajstić information content (AvgIpc) is 3.01. The maximum Gasteiger partial charge on any atom is 0.266 e. The van der Waals surface area contributed by atoms with E-state index in [0.717, 1.165) is 47.9 Å². The molecule has 0 unspecified atom stereocenters. The van der Waals surface area contributed by atoms with Crippen molar-refractivity contribution in [3.8, 4) is 0 Å². The van der Waals surface area contributed by atoms with Gasteiger partial charge in [-0.05, 0) is 44.6 Å². The smallest absolute Gasteiger partial charge is 0.266 e. The fourth-order valence-electron chi connectivity index (χ4n) is 3.38. The number of amides is 1. The zero-order valence-corrected chi connectivity index (χ0v) is 15.2. The number of likely N-dealkylation sites (tertiary alicyclic amines) is 1. The molecule has 0 bridgehead atoms. The molecule has 1 aliphatic heterocycles. The molecule has 2 heterocycles. The van der Waals surface area contributed by atoms with Crippen LogP contribution in [0.3, 0.4) is 0 Å². The maximum absolute atomic E-state index is 13.0. The minimum absolute atomic E-state index is 0.157. The molecule has 0 aliphatic carbocycles. The van der Waals surface area contributed by atoms with Crippen molar-refractivity contribution in [3.05, 3.63) is 46.5 Å². The number of benzene rings is 1. The minimum atomic E-state index is 0.157. The zero-order chi connectivity index (χ0) is 16.9. The van der Waals surface area contributed by atoms with Crippen LogP contribution in [0.25, 0.3) is 0 Å². The fourth-order valence-corrected chi connectivity index (χ4v) is 4.25. The van der Waals surface area contributed by atoms with E-state index in [2.05, 4.69) is 39.5 Å². The van der Waals surface area contributed by atoms with Crippen molar-refractivity contribution in [2.24, 2.45) is 0 Å². The molecule has 1 saturated heterocycles. The summed E-state index contributed by atoms with van der Waals surface area (Å²) in [5.74, 6) is 0.157. The van der Waals surface area contributed by atoms with Crippen LogP contribution in [0.5, 0.6) is 0 Å². The van der Waals surface area contributed by atoms with Gasteiger partial charge in [-0.25, -0.2) is 4.98 Å². The number of aryl methyl sites for hydroxylation is 2. The molecule has 0 spiro atoms. The average molecular weight is 343 g/mol. The lowest BCUT2D eigenvalue weighted by molar-refractivity contribution is 0.0606. The van der Waals surface area contributed by atoms with Crippen LogP contribution in [0.1, 0.15) is 46.6 Å². The first-order chi connectivity index (χ1) is 11.7. The number of piperidine rings is 1. The van der Waals surface area contributed by atoms with Gasteiger partial charge in [0.05, 0.1) is 5.69 Å². The molecule has 3 rings (SSSR count). The monoisotopic (exact) mass is 343 g/mol. The van der Waals surface area contributed by atoms with Crippen molar-refractivity contribution < 1.29 is 4.79 Å². The SMILES string of the molecule is CNc1nc(C)c(C(=O)N2CCCC[C@@H]2CCc2ccccc2)s1. The molecule has 1 aliphatic rings. The Kier molecular flexibility index (Phi) is 5.51. The van der Waals surface area contributed by atoms with Crippen LogP contribution < -0.4 is 5.32 Å². The van der Waals surface area contributed by atoms with Crippen LogP contribution in [-0.4, -0.2) is 35.4 Å². The second-order valence-electron chi connectivity index (χ2n) is 6.36. The molecule has 128 valence electrons. The van der Waals surface area contributed by atoms with Crippen LogP contribution >= 0.6 is 11.3 Å². The van der Waals surface area contributed by atoms with E-state index in [9.17, 15) is 4.79 Å². The standard InChI is InChI=1S/C19H25N3OS/c1-14-17(24-19(20-2)21-14)18(23)22-13-7-6-10-16(22)12-11-15-8-4-3-5-9-15/h3-5,8-9,16H,6-7,10-13H2,1-2H3,(H,20,21)/t16-/m1/s1. The Hall–Kier alpha value is -1.88. The van der Waals surface area contributed by atoms with Crippen molar-refractivity contribution in [1.82, 2.24) is 9.88 Å². The predicted molar refractivity (Wildman–Crippen MR) is 99.8 cm³/mol. The van der Waals surface area contributed by atoms with Gasteiger partial charge in [-0.2, -0.15) is 0 Å². The van der Waals surface area contributed by atoms with E-state index < -0.39 is 0 Å².